The number of anilines is 1. The smallest absolute Gasteiger partial charge is 0.251 e. The first kappa shape index (κ1) is 14.7. The predicted molar refractivity (Wildman–Crippen MR) is 73.3 cm³/mol. The molecule has 0 aliphatic carbocycles. The summed E-state index contributed by atoms with van der Waals surface area (Å²) in [6.45, 7) is 1.60. The van der Waals surface area contributed by atoms with Gasteiger partial charge < -0.3 is 36.1 Å². The van der Waals surface area contributed by atoms with E-state index in [1.54, 1.807) is 6.92 Å². The molecular weight excluding hydrogens is 294 g/mol. The topological polar surface area (TPSA) is 170 Å². The molecule has 7 N–H and O–H groups in total. The molecule has 3 rings (SSSR count). The van der Waals surface area contributed by atoms with Crippen LogP contribution in [0, 0.1) is 6.92 Å². The zero-order valence-electron chi connectivity index (χ0n) is 11.5. The molecule has 1 amide bonds. The zero-order chi connectivity index (χ0) is 16.2. The van der Waals surface area contributed by atoms with Crippen molar-refractivity contribution < 1.29 is 24.9 Å². The Morgan fingerprint density at radius 1 is 1.32 bits per heavy atom. The molecule has 0 bridgehead atoms. The molecule has 10 heteroatoms. The maximum absolute atomic E-state index is 11.6. The summed E-state index contributed by atoms with van der Waals surface area (Å²) in [5.74, 6) is -0.353. The Labute approximate surface area is 123 Å². The van der Waals surface area contributed by atoms with E-state index in [0.717, 1.165) is 0 Å². The first-order valence-corrected chi connectivity index (χ1v) is 6.45. The summed E-state index contributed by atoms with van der Waals surface area (Å²) in [6.07, 6.45) is -4.30. The highest BCUT2D eigenvalue weighted by Crippen LogP contribution is 2.34. The summed E-state index contributed by atoms with van der Waals surface area (Å²) in [5, 5.41) is 29.3. The molecule has 4 atom stereocenters. The van der Waals surface area contributed by atoms with Crippen LogP contribution in [0.2, 0.25) is 0 Å². The van der Waals surface area contributed by atoms with Crippen molar-refractivity contribution in [3.05, 3.63) is 17.6 Å². The van der Waals surface area contributed by atoms with E-state index in [1.807, 2.05) is 0 Å². The number of primary amides is 1. The average molecular weight is 309 g/mol. The second-order valence-electron chi connectivity index (χ2n) is 5.07. The predicted octanol–water partition coefficient (Wildman–Crippen LogP) is -2.01. The van der Waals surface area contributed by atoms with E-state index in [-0.39, 0.29) is 22.4 Å². The molecule has 0 radical (unpaired) electrons. The van der Waals surface area contributed by atoms with Crippen molar-refractivity contribution in [1.29, 1.82) is 0 Å². The lowest BCUT2D eigenvalue weighted by atomic mass is 10.2. The number of nitrogens with two attached hydrogens (primary N) is 2. The lowest BCUT2D eigenvalue weighted by Gasteiger charge is -2.17. The fourth-order valence-electron chi connectivity index (χ4n) is 2.54. The number of aromatic nitrogens is 3. The summed E-state index contributed by atoms with van der Waals surface area (Å²) < 4.78 is 6.41. The Morgan fingerprint density at radius 3 is 2.55 bits per heavy atom. The number of amides is 1. The fraction of sp³-hybridized carbons (Fsp3) is 0.417. The van der Waals surface area contributed by atoms with Crippen LogP contribution in [0.1, 0.15) is 22.4 Å². The van der Waals surface area contributed by atoms with E-state index >= 15 is 0 Å². The average Bonchev–Trinajstić information content (AvgIpc) is 2.92. The van der Waals surface area contributed by atoms with Crippen LogP contribution in [0.4, 0.5) is 5.82 Å². The Morgan fingerprint density at radius 2 is 2.00 bits per heavy atom. The number of rotatable bonds is 2. The van der Waals surface area contributed by atoms with Crippen molar-refractivity contribution in [3.63, 3.8) is 0 Å². The molecule has 0 spiro atoms. The highest BCUT2D eigenvalue weighted by molar-refractivity contribution is 6.08. The Balaban J connectivity index is 2.25. The van der Waals surface area contributed by atoms with E-state index in [9.17, 15) is 20.1 Å². The fourth-order valence-corrected chi connectivity index (χ4v) is 2.54. The first-order valence-electron chi connectivity index (χ1n) is 6.45. The maximum atomic E-state index is 11.6. The van der Waals surface area contributed by atoms with Gasteiger partial charge in [0, 0.05) is 6.20 Å². The molecule has 1 aliphatic heterocycles. The van der Waals surface area contributed by atoms with Crippen molar-refractivity contribution in [1.82, 2.24) is 14.5 Å². The zero-order valence-corrected chi connectivity index (χ0v) is 11.5. The number of hydrogen-bond acceptors (Lipinski definition) is 8. The van der Waals surface area contributed by atoms with Gasteiger partial charge in [0.2, 0.25) is 0 Å². The molecule has 0 aromatic carbocycles. The van der Waals surface area contributed by atoms with Gasteiger partial charge in [0.25, 0.3) is 5.91 Å². The van der Waals surface area contributed by atoms with Crippen LogP contribution < -0.4 is 11.5 Å². The minimum absolute atomic E-state index is 0.0548. The number of carbonyl (C=O) groups is 1. The van der Waals surface area contributed by atoms with Crippen molar-refractivity contribution in [2.45, 2.75) is 31.6 Å². The summed E-state index contributed by atoms with van der Waals surface area (Å²) in [6, 6.07) is 0. The Bertz CT molecular complexity index is 760. The van der Waals surface area contributed by atoms with E-state index in [4.69, 9.17) is 16.2 Å². The highest BCUT2D eigenvalue weighted by Gasteiger charge is 2.43. The number of nitrogens with zero attached hydrogens (tertiary/aromatic N) is 3. The van der Waals surface area contributed by atoms with Gasteiger partial charge in [-0.1, -0.05) is 0 Å². The van der Waals surface area contributed by atoms with Gasteiger partial charge >= 0.3 is 0 Å². The van der Waals surface area contributed by atoms with E-state index in [2.05, 4.69) is 9.97 Å². The molecule has 10 nitrogen and oxygen atoms in total. The normalized spacial score (nSPS) is 28.4. The molecule has 118 valence electrons. The first-order chi connectivity index (χ1) is 10.3. The molecular formula is C12H15N5O5. The van der Waals surface area contributed by atoms with Crippen molar-refractivity contribution in [3.8, 4) is 0 Å². The van der Waals surface area contributed by atoms with Crippen LogP contribution in [0.3, 0.4) is 0 Å². The van der Waals surface area contributed by atoms with Gasteiger partial charge in [0.15, 0.2) is 12.5 Å². The van der Waals surface area contributed by atoms with Gasteiger partial charge in [-0.05, 0) is 6.92 Å². The number of aliphatic hydroxyl groups is 3. The molecule has 22 heavy (non-hydrogen) atoms. The number of ether oxygens (including phenoxy) is 1. The minimum atomic E-state index is -1.56. The third kappa shape index (κ3) is 2.01. The van der Waals surface area contributed by atoms with Crippen molar-refractivity contribution >= 4 is 22.8 Å². The standard InChI is InChI=1S/C12H15N5O5/c1-3-15-8(13)5-4(9(14)20)2-17(10(5)16-3)11-6(18)7(19)12(21)22-11/h2,6-7,11-12,18-19,21H,1H3,(H2,14,20)(H2,13,15,16)/t6-,7+,11-,12+/m1/s1. The molecule has 1 aliphatic rings. The second kappa shape index (κ2) is 4.88. The van der Waals surface area contributed by atoms with Crippen LogP contribution in [-0.2, 0) is 4.74 Å². The summed E-state index contributed by atoms with van der Waals surface area (Å²) in [5.41, 5.74) is 11.4. The lowest BCUT2D eigenvalue weighted by Crippen LogP contribution is -2.31. The third-order valence-electron chi connectivity index (χ3n) is 3.56. The Hall–Kier alpha value is -2.27. The van der Waals surface area contributed by atoms with Gasteiger partial charge in [-0.2, -0.15) is 0 Å². The SMILES string of the molecule is Cc1nc(N)c2c(C(N)=O)cn([C@@H]3O[C@H](O)[C@@H](O)[C@H]3O)c2n1. The molecule has 1 fully saturated rings. The van der Waals surface area contributed by atoms with Gasteiger partial charge in [-0.15, -0.1) is 0 Å². The van der Waals surface area contributed by atoms with Crippen LogP contribution in [0.15, 0.2) is 6.20 Å². The van der Waals surface area contributed by atoms with Crippen LogP contribution in [0.25, 0.3) is 11.0 Å². The van der Waals surface area contributed by atoms with Gasteiger partial charge in [-0.25, -0.2) is 9.97 Å². The number of fused-ring (bicyclic) bond motifs is 1. The minimum Gasteiger partial charge on any atom is -0.385 e. The van der Waals surface area contributed by atoms with Crippen LogP contribution in [-0.4, -0.2) is 54.3 Å². The quantitative estimate of drug-likeness (QED) is 0.423. The summed E-state index contributed by atoms with van der Waals surface area (Å²) in [4.78, 5) is 19.7. The van der Waals surface area contributed by atoms with Crippen LogP contribution >= 0.6 is 0 Å². The van der Waals surface area contributed by atoms with Gasteiger partial charge in [-0.3, -0.25) is 4.79 Å². The number of hydrogen-bond donors (Lipinski definition) is 5. The molecule has 3 heterocycles. The summed E-state index contributed by atoms with van der Waals surface area (Å²) >= 11 is 0. The lowest BCUT2D eigenvalue weighted by molar-refractivity contribution is -0.140. The third-order valence-corrected chi connectivity index (χ3v) is 3.56. The van der Waals surface area contributed by atoms with Gasteiger partial charge in [0.05, 0.1) is 10.9 Å². The van der Waals surface area contributed by atoms with E-state index < -0.39 is 30.6 Å². The molecule has 1 saturated heterocycles. The Kier molecular flexibility index (Phi) is 3.25. The van der Waals surface area contributed by atoms with Crippen molar-refractivity contribution in [2.75, 3.05) is 5.73 Å². The number of carbonyl (C=O) groups excluding carboxylic acids is 1. The monoisotopic (exact) mass is 309 g/mol. The van der Waals surface area contributed by atoms with Crippen LogP contribution in [0.5, 0.6) is 0 Å². The second-order valence-corrected chi connectivity index (χ2v) is 5.07. The molecule has 0 unspecified atom stereocenters. The largest absolute Gasteiger partial charge is 0.385 e. The van der Waals surface area contributed by atoms with E-state index in [1.165, 1.54) is 10.8 Å². The highest BCUT2D eigenvalue weighted by atomic mass is 16.7. The number of aryl methyl sites for hydroxylation is 1. The summed E-state index contributed by atoms with van der Waals surface area (Å²) in [7, 11) is 0. The van der Waals surface area contributed by atoms with E-state index in [0.29, 0.717) is 5.82 Å². The maximum Gasteiger partial charge on any atom is 0.251 e. The van der Waals surface area contributed by atoms with Gasteiger partial charge in [0.1, 0.15) is 29.5 Å². The molecule has 2 aromatic heterocycles. The number of aliphatic hydroxyl groups excluding tert-OH is 3. The molecule has 0 saturated carbocycles. The van der Waals surface area contributed by atoms with Crippen molar-refractivity contribution in [2.24, 2.45) is 5.73 Å². The number of nitrogen functional groups attached to an aromatic ring is 1. The molecule has 2 aromatic rings.